The lowest BCUT2D eigenvalue weighted by Gasteiger charge is -2.34. The minimum atomic E-state index is -1.00. The average molecular weight is 291 g/mol. The molecule has 0 bridgehead atoms. The van der Waals surface area contributed by atoms with Crippen molar-refractivity contribution in [1.29, 1.82) is 0 Å². The molecule has 1 saturated carbocycles. The molecule has 21 heavy (non-hydrogen) atoms. The van der Waals surface area contributed by atoms with Gasteiger partial charge in [-0.3, -0.25) is 0 Å². The molecule has 5 nitrogen and oxygen atoms in total. The average Bonchev–Trinajstić information content (AvgIpc) is 2.42. The van der Waals surface area contributed by atoms with E-state index in [2.05, 4.69) is 19.2 Å². The lowest BCUT2D eigenvalue weighted by atomic mass is 9.76. The zero-order valence-corrected chi connectivity index (χ0v) is 12.4. The molecule has 114 valence electrons. The number of aromatic carboxylic acids is 1. The third-order valence-corrected chi connectivity index (χ3v) is 3.97. The van der Waals surface area contributed by atoms with Crippen molar-refractivity contribution >= 4 is 12.1 Å². The summed E-state index contributed by atoms with van der Waals surface area (Å²) in [6.45, 7) is 4.48. The monoisotopic (exact) mass is 291 g/mol. The van der Waals surface area contributed by atoms with E-state index in [-0.39, 0.29) is 11.6 Å². The van der Waals surface area contributed by atoms with Crippen LogP contribution < -0.4 is 10.1 Å². The molecule has 1 aliphatic carbocycles. The van der Waals surface area contributed by atoms with Crippen molar-refractivity contribution in [3.8, 4) is 5.75 Å². The van der Waals surface area contributed by atoms with Crippen LogP contribution in [0.1, 0.15) is 49.9 Å². The van der Waals surface area contributed by atoms with Gasteiger partial charge in [-0.25, -0.2) is 9.59 Å². The molecule has 0 heterocycles. The first kappa shape index (κ1) is 15.4. The molecule has 0 aromatic heterocycles. The molecule has 1 aromatic rings. The minimum absolute atomic E-state index is 0.156. The van der Waals surface area contributed by atoms with Crippen LogP contribution in [0.15, 0.2) is 24.3 Å². The van der Waals surface area contributed by atoms with Crippen LogP contribution in [-0.2, 0) is 0 Å². The van der Waals surface area contributed by atoms with Crippen molar-refractivity contribution in [3.05, 3.63) is 29.8 Å². The molecular formula is C16H21NO4. The number of ether oxygens (including phenoxy) is 1. The van der Waals surface area contributed by atoms with Gasteiger partial charge in [-0.2, -0.15) is 0 Å². The number of carbonyl (C=O) groups is 2. The van der Waals surface area contributed by atoms with E-state index in [0.29, 0.717) is 11.2 Å². The van der Waals surface area contributed by atoms with Gasteiger partial charge >= 0.3 is 12.1 Å². The van der Waals surface area contributed by atoms with E-state index >= 15 is 0 Å². The van der Waals surface area contributed by atoms with Gasteiger partial charge in [0.05, 0.1) is 5.56 Å². The van der Waals surface area contributed by atoms with Crippen molar-refractivity contribution in [2.24, 2.45) is 5.41 Å². The summed E-state index contributed by atoms with van der Waals surface area (Å²) in [7, 11) is 0. The van der Waals surface area contributed by atoms with Crippen LogP contribution >= 0.6 is 0 Å². The Bertz CT molecular complexity index is 512. The van der Waals surface area contributed by atoms with Gasteiger partial charge in [-0.05, 0) is 55.4 Å². The number of benzene rings is 1. The Morgan fingerprint density at radius 3 is 2.29 bits per heavy atom. The van der Waals surface area contributed by atoms with Crippen LogP contribution in [0.3, 0.4) is 0 Å². The maximum absolute atomic E-state index is 11.8. The zero-order chi connectivity index (χ0) is 15.5. The molecule has 1 amide bonds. The Balaban J connectivity index is 1.83. The van der Waals surface area contributed by atoms with Gasteiger partial charge in [-0.15, -0.1) is 0 Å². The molecule has 0 unspecified atom stereocenters. The molecule has 0 atom stereocenters. The summed E-state index contributed by atoms with van der Waals surface area (Å²) in [5.41, 5.74) is 0.520. The maximum Gasteiger partial charge on any atom is 0.412 e. The maximum atomic E-state index is 11.8. The second-order valence-corrected chi connectivity index (χ2v) is 6.30. The fourth-order valence-electron chi connectivity index (χ4n) is 2.51. The van der Waals surface area contributed by atoms with Gasteiger partial charge in [0.25, 0.3) is 0 Å². The third kappa shape index (κ3) is 4.48. The highest BCUT2D eigenvalue weighted by Gasteiger charge is 2.27. The Morgan fingerprint density at radius 1 is 1.19 bits per heavy atom. The smallest absolute Gasteiger partial charge is 0.412 e. The summed E-state index contributed by atoms with van der Waals surface area (Å²) in [6.07, 6.45) is 3.61. The van der Waals surface area contributed by atoms with E-state index in [1.165, 1.54) is 24.3 Å². The van der Waals surface area contributed by atoms with Crippen molar-refractivity contribution in [3.63, 3.8) is 0 Å². The van der Waals surface area contributed by atoms with Crippen LogP contribution in [0.2, 0.25) is 0 Å². The fourth-order valence-corrected chi connectivity index (χ4v) is 2.51. The summed E-state index contributed by atoms with van der Waals surface area (Å²) in [5, 5.41) is 11.7. The SMILES string of the molecule is CC1(C)CCC(NC(=O)Oc2ccc(C(=O)O)cc2)CC1. The highest BCUT2D eigenvalue weighted by atomic mass is 16.6. The molecule has 2 rings (SSSR count). The number of amides is 1. The summed E-state index contributed by atoms with van der Waals surface area (Å²) in [6, 6.07) is 5.94. The molecule has 0 radical (unpaired) electrons. The predicted octanol–water partition coefficient (Wildman–Crippen LogP) is 3.44. The summed E-state index contributed by atoms with van der Waals surface area (Å²) < 4.78 is 5.16. The van der Waals surface area contributed by atoms with Gasteiger partial charge in [0.15, 0.2) is 0 Å². The Labute approximate surface area is 124 Å². The van der Waals surface area contributed by atoms with Gasteiger partial charge < -0.3 is 15.2 Å². The van der Waals surface area contributed by atoms with Crippen LogP contribution in [-0.4, -0.2) is 23.2 Å². The van der Waals surface area contributed by atoms with Crippen molar-refractivity contribution in [2.75, 3.05) is 0 Å². The van der Waals surface area contributed by atoms with Gasteiger partial charge in [-0.1, -0.05) is 13.8 Å². The van der Waals surface area contributed by atoms with Gasteiger partial charge in [0.2, 0.25) is 0 Å². The molecule has 5 heteroatoms. The van der Waals surface area contributed by atoms with E-state index in [1.54, 1.807) is 0 Å². The first-order valence-electron chi connectivity index (χ1n) is 7.17. The zero-order valence-electron chi connectivity index (χ0n) is 12.4. The standard InChI is InChI=1S/C16H21NO4/c1-16(2)9-7-12(8-10-16)17-15(20)21-13-5-3-11(4-6-13)14(18)19/h3-6,12H,7-10H2,1-2H3,(H,17,20)(H,18,19). The molecule has 0 saturated heterocycles. The largest absolute Gasteiger partial charge is 0.478 e. The quantitative estimate of drug-likeness (QED) is 0.894. The topological polar surface area (TPSA) is 75.6 Å². The van der Waals surface area contributed by atoms with Crippen molar-refractivity contribution in [1.82, 2.24) is 5.32 Å². The number of rotatable bonds is 3. The lowest BCUT2D eigenvalue weighted by molar-refractivity contribution is 0.0697. The van der Waals surface area contributed by atoms with E-state index in [9.17, 15) is 9.59 Å². The van der Waals surface area contributed by atoms with Crippen LogP contribution in [0.25, 0.3) is 0 Å². The normalized spacial score (nSPS) is 18.0. The van der Waals surface area contributed by atoms with E-state index in [1.807, 2.05) is 0 Å². The van der Waals surface area contributed by atoms with Crippen LogP contribution in [0.4, 0.5) is 4.79 Å². The molecule has 2 N–H and O–H groups in total. The number of carboxylic acid groups (broad SMARTS) is 1. The second kappa shape index (κ2) is 6.16. The lowest BCUT2D eigenvalue weighted by Crippen LogP contribution is -2.40. The summed E-state index contributed by atoms with van der Waals surface area (Å²) in [5.74, 6) is -0.663. The second-order valence-electron chi connectivity index (χ2n) is 6.30. The Hall–Kier alpha value is -2.04. The molecule has 1 aliphatic rings. The van der Waals surface area contributed by atoms with E-state index < -0.39 is 12.1 Å². The summed E-state index contributed by atoms with van der Waals surface area (Å²) >= 11 is 0. The van der Waals surface area contributed by atoms with Crippen molar-refractivity contribution < 1.29 is 19.4 Å². The number of nitrogens with one attached hydrogen (secondary N) is 1. The number of hydrogen-bond donors (Lipinski definition) is 2. The van der Waals surface area contributed by atoms with Gasteiger partial charge in [0.1, 0.15) is 5.75 Å². The Kier molecular flexibility index (Phi) is 4.50. The highest BCUT2D eigenvalue weighted by Crippen LogP contribution is 2.34. The summed E-state index contributed by atoms with van der Waals surface area (Å²) in [4.78, 5) is 22.5. The molecule has 0 spiro atoms. The first-order chi connectivity index (χ1) is 9.85. The number of carboxylic acids is 1. The molecule has 0 aliphatic heterocycles. The number of hydrogen-bond acceptors (Lipinski definition) is 3. The predicted molar refractivity (Wildman–Crippen MR) is 78.6 cm³/mol. The third-order valence-electron chi connectivity index (χ3n) is 3.97. The molecule has 1 aromatic carbocycles. The van der Waals surface area contributed by atoms with Crippen LogP contribution in [0.5, 0.6) is 5.75 Å². The first-order valence-corrected chi connectivity index (χ1v) is 7.17. The molecule has 1 fully saturated rings. The van der Waals surface area contributed by atoms with Gasteiger partial charge in [0, 0.05) is 6.04 Å². The fraction of sp³-hybridized carbons (Fsp3) is 0.500. The number of carbonyl (C=O) groups excluding carboxylic acids is 1. The van der Waals surface area contributed by atoms with E-state index in [0.717, 1.165) is 25.7 Å². The Morgan fingerprint density at radius 2 is 1.76 bits per heavy atom. The van der Waals surface area contributed by atoms with E-state index in [4.69, 9.17) is 9.84 Å². The molecular weight excluding hydrogens is 270 g/mol. The van der Waals surface area contributed by atoms with Crippen molar-refractivity contribution in [2.45, 2.75) is 45.6 Å². The minimum Gasteiger partial charge on any atom is -0.478 e. The van der Waals surface area contributed by atoms with Crippen LogP contribution in [0, 0.1) is 5.41 Å². The highest BCUT2D eigenvalue weighted by molar-refractivity contribution is 5.87.